The standard InChI is InChI=1S/C16H15N3O2S3.ClH/c1-21-12-5-8(3-4-11(12)20)10-7-23-15(19-10)9-6-13(14(17)18)24-16(9)22-2;/h3-7,20H,1-2H3,(H3,17,18);1H. The maximum atomic E-state index is 9.71. The minimum Gasteiger partial charge on any atom is -0.504 e. The zero-order valence-electron chi connectivity index (χ0n) is 13.4. The van der Waals surface area contributed by atoms with Crippen molar-refractivity contribution in [1.29, 1.82) is 5.41 Å². The molecule has 4 N–H and O–H groups in total. The summed E-state index contributed by atoms with van der Waals surface area (Å²) in [4.78, 5) is 5.45. The largest absolute Gasteiger partial charge is 0.504 e. The Morgan fingerprint density at radius 3 is 2.76 bits per heavy atom. The van der Waals surface area contributed by atoms with Crippen molar-refractivity contribution < 1.29 is 9.84 Å². The number of hydrogen-bond acceptors (Lipinski definition) is 7. The summed E-state index contributed by atoms with van der Waals surface area (Å²) in [6.07, 6.45) is 2.00. The van der Waals surface area contributed by atoms with Gasteiger partial charge in [0, 0.05) is 16.5 Å². The van der Waals surface area contributed by atoms with Gasteiger partial charge < -0.3 is 15.6 Å². The van der Waals surface area contributed by atoms with Gasteiger partial charge in [-0.15, -0.1) is 46.8 Å². The molecule has 1 aromatic carbocycles. The molecule has 0 spiro atoms. The highest BCUT2D eigenvalue weighted by molar-refractivity contribution is 8.00. The molecule has 132 valence electrons. The first-order valence-electron chi connectivity index (χ1n) is 6.89. The first kappa shape index (κ1) is 19.6. The van der Waals surface area contributed by atoms with Gasteiger partial charge in [0.2, 0.25) is 0 Å². The number of aromatic hydroxyl groups is 1. The summed E-state index contributed by atoms with van der Waals surface area (Å²) in [6.45, 7) is 0. The van der Waals surface area contributed by atoms with Crippen LogP contribution in [0.3, 0.4) is 0 Å². The number of halogens is 1. The van der Waals surface area contributed by atoms with E-state index in [4.69, 9.17) is 20.9 Å². The van der Waals surface area contributed by atoms with Crippen LogP contribution in [-0.2, 0) is 0 Å². The Morgan fingerprint density at radius 2 is 2.12 bits per heavy atom. The Bertz CT molecular complexity index is 908. The van der Waals surface area contributed by atoms with Crippen LogP contribution in [0.1, 0.15) is 4.88 Å². The third kappa shape index (κ3) is 3.92. The lowest BCUT2D eigenvalue weighted by atomic mass is 10.1. The summed E-state index contributed by atoms with van der Waals surface area (Å²) in [5.41, 5.74) is 8.29. The lowest BCUT2D eigenvalue weighted by molar-refractivity contribution is 0.373. The maximum Gasteiger partial charge on any atom is 0.161 e. The van der Waals surface area contributed by atoms with Gasteiger partial charge in [0.1, 0.15) is 10.8 Å². The van der Waals surface area contributed by atoms with E-state index in [0.717, 1.165) is 30.9 Å². The van der Waals surface area contributed by atoms with Gasteiger partial charge in [-0.25, -0.2) is 4.98 Å². The fraction of sp³-hybridized carbons (Fsp3) is 0.125. The van der Waals surface area contributed by atoms with Crippen LogP contribution in [0.25, 0.3) is 21.8 Å². The molecule has 5 nitrogen and oxygen atoms in total. The van der Waals surface area contributed by atoms with E-state index < -0.39 is 0 Å². The van der Waals surface area contributed by atoms with Gasteiger partial charge in [0.15, 0.2) is 11.5 Å². The molecule has 2 aromatic heterocycles. The highest BCUT2D eigenvalue weighted by atomic mass is 35.5. The number of nitrogen functional groups attached to an aromatic ring is 1. The summed E-state index contributed by atoms with van der Waals surface area (Å²) in [5.74, 6) is 0.591. The van der Waals surface area contributed by atoms with E-state index in [-0.39, 0.29) is 24.0 Å². The zero-order chi connectivity index (χ0) is 17.3. The van der Waals surface area contributed by atoms with Gasteiger partial charge in [0.25, 0.3) is 0 Å². The van der Waals surface area contributed by atoms with Crippen LogP contribution in [0.4, 0.5) is 0 Å². The number of aromatic nitrogens is 1. The van der Waals surface area contributed by atoms with Crippen molar-refractivity contribution in [2.24, 2.45) is 5.73 Å². The summed E-state index contributed by atoms with van der Waals surface area (Å²) in [6, 6.07) is 7.08. The predicted octanol–water partition coefficient (Wildman–Crippen LogP) is 4.68. The van der Waals surface area contributed by atoms with Crippen LogP contribution in [0.5, 0.6) is 11.5 Å². The molecule has 3 rings (SSSR count). The summed E-state index contributed by atoms with van der Waals surface area (Å²) in [7, 11) is 1.52. The van der Waals surface area contributed by atoms with Gasteiger partial charge in [-0.2, -0.15) is 0 Å². The fourth-order valence-corrected chi connectivity index (χ4v) is 4.89. The summed E-state index contributed by atoms with van der Waals surface area (Å²) >= 11 is 4.66. The molecule has 0 unspecified atom stereocenters. The molecule has 9 heteroatoms. The first-order chi connectivity index (χ1) is 11.5. The summed E-state index contributed by atoms with van der Waals surface area (Å²) < 4.78 is 6.24. The average molecular weight is 414 g/mol. The lowest BCUT2D eigenvalue weighted by Gasteiger charge is -2.04. The molecule has 0 saturated carbocycles. The van der Waals surface area contributed by atoms with E-state index in [1.807, 2.05) is 17.7 Å². The van der Waals surface area contributed by atoms with Gasteiger partial charge >= 0.3 is 0 Å². The van der Waals surface area contributed by atoms with Crippen molar-refractivity contribution in [3.05, 3.63) is 34.5 Å². The molecule has 25 heavy (non-hydrogen) atoms. The van der Waals surface area contributed by atoms with E-state index in [2.05, 4.69) is 0 Å². The lowest BCUT2D eigenvalue weighted by Crippen LogP contribution is -2.08. The van der Waals surface area contributed by atoms with E-state index in [9.17, 15) is 5.11 Å². The Morgan fingerprint density at radius 1 is 1.36 bits per heavy atom. The van der Waals surface area contributed by atoms with Crippen molar-refractivity contribution in [3.63, 3.8) is 0 Å². The van der Waals surface area contributed by atoms with Crippen molar-refractivity contribution >= 4 is 52.7 Å². The monoisotopic (exact) mass is 413 g/mol. The van der Waals surface area contributed by atoms with E-state index in [1.165, 1.54) is 29.8 Å². The number of thiazole rings is 1. The second-order valence-electron chi connectivity index (χ2n) is 4.85. The third-order valence-electron chi connectivity index (χ3n) is 3.36. The van der Waals surface area contributed by atoms with Crippen LogP contribution in [-0.4, -0.2) is 29.3 Å². The normalized spacial score (nSPS) is 10.3. The molecule has 0 aliphatic carbocycles. The minimum atomic E-state index is 0. The number of benzene rings is 1. The van der Waals surface area contributed by atoms with Crippen LogP contribution in [0.2, 0.25) is 0 Å². The Labute approximate surface area is 163 Å². The quantitative estimate of drug-likeness (QED) is 0.321. The molecule has 0 amide bonds. The van der Waals surface area contributed by atoms with Crippen LogP contribution in [0.15, 0.2) is 33.9 Å². The Balaban J connectivity index is 0.00000225. The summed E-state index contributed by atoms with van der Waals surface area (Å²) in [5, 5.41) is 20.2. The number of hydrogen-bond donors (Lipinski definition) is 3. The topological polar surface area (TPSA) is 92.2 Å². The molecule has 0 radical (unpaired) electrons. The van der Waals surface area contributed by atoms with E-state index in [0.29, 0.717) is 5.75 Å². The number of thioether (sulfide) groups is 1. The Hall–Kier alpha value is -1.74. The number of phenolic OH excluding ortho intramolecular Hbond substituents is 1. The smallest absolute Gasteiger partial charge is 0.161 e. The molecule has 0 fully saturated rings. The second kappa shape index (κ2) is 8.09. The van der Waals surface area contributed by atoms with E-state index in [1.54, 1.807) is 30.0 Å². The van der Waals surface area contributed by atoms with Gasteiger partial charge in [0.05, 0.1) is 21.9 Å². The molecular weight excluding hydrogens is 398 g/mol. The molecule has 0 atom stereocenters. The predicted molar refractivity (Wildman–Crippen MR) is 109 cm³/mol. The maximum absolute atomic E-state index is 9.71. The number of methoxy groups -OCH3 is 1. The number of amidine groups is 1. The number of phenols is 1. The van der Waals surface area contributed by atoms with Gasteiger partial charge in [-0.3, -0.25) is 5.41 Å². The van der Waals surface area contributed by atoms with Gasteiger partial charge in [-0.1, -0.05) is 0 Å². The van der Waals surface area contributed by atoms with Crippen molar-refractivity contribution in [2.45, 2.75) is 4.21 Å². The number of rotatable bonds is 5. The fourth-order valence-electron chi connectivity index (χ4n) is 2.17. The van der Waals surface area contributed by atoms with Crippen LogP contribution < -0.4 is 10.5 Å². The molecule has 0 aliphatic heterocycles. The SMILES string of the molecule is COc1cc(-c2csc(-c3cc(C(=N)N)sc3SC)n2)ccc1O.Cl. The third-order valence-corrected chi connectivity index (χ3v) is 6.54. The zero-order valence-corrected chi connectivity index (χ0v) is 16.7. The number of ether oxygens (including phenoxy) is 1. The highest BCUT2D eigenvalue weighted by Gasteiger charge is 2.16. The molecule has 0 bridgehead atoms. The number of nitrogens with one attached hydrogen (secondary N) is 1. The first-order valence-corrected chi connectivity index (χ1v) is 9.81. The van der Waals surface area contributed by atoms with Gasteiger partial charge in [-0.05, 0) is 30.5 Å². The number of thiophene rings is 1. The van der Waals surface area contributed by atoms with Crippen LogP contribution >= 0.6 is 46.8 Å². The molecule has 3 aromatic rings. The Kier molecular flexibility index (Phi) is 6.34. The van der Waals surface area contributed by atoms with Crippen LogP contribution in [0, 0.1) is 5.41 Å². The molecule has 0 aliphatic rings. The highest BCUT2D eigenvalue weighted by Crippen LogP contribution is 2.40. The average Bonchev–Trinajstić information content (AvgIpc) is 3.21. The van der Waals surface area contributed by atoms with Crippen molar-refractivity contribution in [2.75, 3.05) is 13.4 Å². The number of nitrogens with zero attached hydrogens (tertiary/aromatic N) is 1. The molecular formula is C16H16ClN3O2S3. The number of nitrogens with two attached hydrogens (primary N) is 1. The van der Waals surface area contributed by atoms with Crippen molar-refractivity contribution in [3.8, 4) is 33.3 Å². The van der Waals surface area contributed by atoms with Crippen molar-refractivity contribution in [1.82, 2.24) is 4.98 Å². The molecule has 2 heterocycles. The minimum absolute atomic E-state index is 0. The second-order valence-corrected chi connectivity index (χ2v) is 7.84. The van der Waals surface area contributed by atoms with E-state index >= 15 is 0 Å². The molecule has 0 saturated heterocycles.